The summed E-state index contributed by atoms with van der Waals surface area (Å²) in [7, 11) is 4.98. The summed E-state index contributed by atoms with van der Waals surface area (Å²) in [4.78, 5) is 19.0. The van der Waals surface area contributed by atoms with Gasteiger partial charge in [-0.05, 0) is 35.6 Å². The van der Waals surface area contributed by atoms with E-state index >= 15 is 0 Å². The number of urea groups is 1. The standard InChI is InChI=1S/C18H23N3O3S/c1-21(12-14-5-6-16(25-4)15(9-14)23-2)18(22)20-11-13-7-8-19-17(10-13)24-3/h5-10H,11-12H2,1-4H3,(H,20,22). The van der Waals surface area contributed by atoms with Crippen molar-refractivity contribution in [2.45, 2.75) is 18.0 Å². The van der Waals surface area contributed by atoms with Crippen LogP contribution in [-0.2, 0) is 13.1 Å². The lowest BCUT2D eigenvalue weighted by Gasteiger charge is -2.19. The average Bonchev–Trinajstić information content (AvgIpc) is 2.65. The zero-order valence-corrected chi connectivity index (χ0v) is 15.7. The first kappa shape index (κ1) is 18.9. The average molecular weight is 361 g/mol. The molecular weight excluding hydrogens is 338 g/mol. The molecule has 0 aliphatic carbocycles. The smallest absolute Gasteiger partial charge is 0.317 e. The van der Waals surface area contributed by atoms with E-state index in [2.05, 4.69) is 10.3 Å². The zero-order chi connectivity index (χ0) is 18.2. The highest BCUT2D eigenvalue weighted by molar-refractivity contribution is 7.98. The van der Waals surface area contributed by atoms with Crippen LogP contribution in [0.2, 0.25) is 0 Å². The number of carbonyl (C=O) groups excluding carboxylic acids is 1. The molecule has 0 bridgehead atoms. The molecule has 1 aromatic carbocycles. The van der Waals surface area contributed by atoms with Crippen LogP contribution in [0.15, 0.2) is 41.4 Å². The second-order valence-corrected chi connectivity index (χ2v) is 6.26. The van der Waals surface area contributed by atoms with Gasteiger partial charge in [-0.15, -0.1) is 11.8 Å². The highest BCUT2D eigenvalue weighted by Crippen LogP contribution is 2.28. The molecule has 0 aliphatic heterocycles. The minimum Gasteiger partial charge on any atom is -0.496 e. The molecule has 2 aromatic rings. The van der Waals surface area contributed by atoms with Crippen LogP contribution in [0.5, 0.6) is 11.6 Å². The van der Waals surface area contributed by atoms with Crippen LogP contribution >= 0.6 is 11.8 Å². The number of pyridine rings is 1. The van der Waals surface area contributed by atoms with Crippen LogP contribution in [0.3, 0.4) is 0 Å². The Morgan fingerprint density at radius 3 is 2.68 bits per heavy atom. The fraction of sp³-hybridized carbons (Fsp3) is 0.333. The Bertz CT molecular complexity index is 724. The van der Waals surface area contributed by atoms with Gasteiger partial charge in [-0.2, -0.15) is 0 Å². The molecule has 0 spiro atoms. The van der Waals surface area contributed by atoms with Gasteiger partial charge in [0.2, 0.25) is 5.88 Å². The summed E-state index contributed by atoms with van der Waals surface area (Å²) in [5.41, 5.74) is 1.94. The van der Waals surface area contributed by atoms with Crippen molar-refractivity contribution in [3.05, 3.63) is 47.7 Å². The summed E-state index contributed by atoms with van der Waals surface area (Å²) in [6, 6.07) is 9.47. The molecule has 0 fully saturated rings. The summed E-state index contributed by atoms with van der Waals surface area (Å²) in [6.07, 6.45) is 3.66. The van der Waals surface area contributed by atoms with Crippen molar-refractivity contribution < 1.29 is 14.3 Å². The molecule has 7 heteroatoms. The van der Waals surface area contributed by atoms with Crippen molar-refractivity contribution in [3.8, 4) is 11.6 Å². The molecule has 0 unspecified atom stereocenters. The second kappa shape index (κ2) is 9.17. The third kappa shape index (κ3) is 5.29. The van der Waals surface area contributed by atoms with Gasteiger partial charge in [0.05, 0.1) is 14.2 Å². The largest absolute Gasteiger partial charge is 0.496 e. The van der Waals surface area contributed by atoms with Crippen molar-refractivity contribution in [2.75, 3.05) is 27.5 Å². The van der Waals surface area contributed by atoms with Crippen LogP contribution in [0, 0.1) is 0 Å². The van der Waals surface area contributed by atoms with Crippen molar-refractivity contribution in [1.29, 1.82) is 0 Å². The molecule has 1 N–H and O–H groups in total. The zero-order valence-electron chi connectivity index (χ0n) is 14.9. The molecule has 134 valence electrons. The fourth-order valence-electron chi connectivity index (χ4n) is 2.31. The number of aromatic nitrogens is 1. The topological polar surface area (TPSA) is 63.7 Å². The number of hydrogen-bond donors (Lipinski definition) is 1. The number of nitrogens with one attached hydrogen (secondary N) is 1. The number of thioether (sulfide) groups is 1. The van der Waals surface area contributed by atoms with Crippen LogP contribution in [0.4, 0.5) is 4.79 Å². The number of benzene rings is 1. The minimum absolute atomic E-state index is 0.149. The van der Waals surface area contributed by atoms with Crippen LogP contribution in [-0.4, -0.2) is 43.4 Å². The summed E-state index contributed by atoms with van der Waals surface area (Å²) in [6.45, 7) is 0.910. The predicted octanol–water partition coefficient (Wildman–Crippen LogP) is 3.16. The van der Waals surface area contributed by atoms with E-state index in [0.717, 1.165) is 21.8 Å². The molecule has 0 radical (unpaired) electrons. The van der Waals surface area contributed by atoms with E-state index in [0.29, 0.717) is 19.0 Å². The third-order valence-corrected chi connectivity index (χ3v) is 4.44. The first-order valence-corrected chi connectivity index (χ1v) is 8.98. The van der Waals surface area contributed by atoms with Gasteiger partial charge in [-0.1, -0.05) is 6.07 Å². The second-order valence-electron chi connectivity index (χ2n) is 5.41. The minimum atomic E-state index is -0.149. The maximum atomic E-state index is 12.3. The quantitative estimate of drug-likeness (QED) is 0.768. The molecule has 25 heavy (non-hydrogen) atoms. The summed E-state index contributed by atoms with van der Waals surface area (Å²) < 4.78 is 10.5. The van der Waals surface area contributed by atoms with Crippen molar-refractivity contribution >= 4 is 17.8 Å². The first-order chi connectivity index (χ1) is 12.1. The van der Waals surface area contributed by atoms with E-state index in [-0.39, 0.29) is 6.03 Å². The number of ether oxygens (including phenoxy) is 2. The van der Waals surface area contributed by atoms with Gasteiger partial charge < -0.3 is 19.7 Å². The first-order valence-electron chi connectivity index (χ1n) is 7.76. The van der Waals surface area contributed by atoms with Crippen LogP contribution in [0.1, 0.15) is 11.1 Å². The van der Waals surface area contributed by atoms with Gasteiger partial charge in [0.1, 0.15) is 5.75 Å². The Morgan fingerprint density at radius 2 is 2.00 bits per heavy atom. The van der Waals surface area contributed by atoms with E-state index in [1.807, 2.05) is 30.5 Å². The molecular formula is C18H23N3O3S. The summed E-state index contributed by atoms with van der Waals surface area (Å²) in [5, 5.41) is 2.89. The number of rotatable bonds is 7. The number of carbonyl (C=O) groups is 1. The van der Waals surface area contributed by atoms with Crippen LogP contribution < -0.4 is 14.8 Å². The molecule has 0 saturated carbocycles. The molecule has 0 saturated heterocycles. The normalized spacial score (nSPS) is 10.2. The molecule has 0 aliphatic rings. The Kier molecular flexibility index (Phi) is 6.94. The molecule has 2 rings (SSSR count). The lowest BCUT2D eigenvalue weighted by molar-refractivity contribution is 0.206. The van der Waals surface area contributed by atoms with E-state index in [4.69, 9.17) is 9.47 Å². The van der Waals surface area contributed by atoms with Gasteiger partial charge >= 0.3 is 6.03 Å². The van der Waals surface area contributed by atoms with E-state index in [1.165, 1.54) is 0 Å². The van der Waals surface area contributed by atoms with E-state index in [9.17, 15) is 4.79 Å². The van der Waals surface area contributed by atoms with Crippen LogP contribution in [0.25, 0.3) is 0 Å². The van der Waals surface area contributed by atoms with Crippen molar-refractivity contribution in [1.82, 2.24) is 15.2 Å². The number of hydrogen-bond acceptors (Lipinski definition) is 5. The highest BCUT2D eigenvalue weighted by atomic mass is 32.2. The summed E-state index contributed by atoms with van der Waals surface area (Å²) in [5.74, 6) is 1.35. The monoisotopic (exact) mass is 361 g/mol. The lowest BCUT2D eigenvalue weighted by Crippen LogP contribution is -2.36. The van der Waals surface area contributed by atoms with Crippen molar-refractivity contribution in [2.24, 2.45) is 0 Å². The lowest BCUT2D eigenvalue weighted by atomic mass is 10.2. The molecule has 6 nitrogen and oxygen atoms in total. The van der Waals surface area contributed by atoms with Gasteiger partial charge in [0.15, 0.2) is 0 Å². The molecule has 2 amide bonds. The molecule has 1 aromatic heterocycles. The van der Waals surface area contributed by atoms with E-state index < -0.39 is 0 Å². The predicted molar refractivity (Wildman–Crippen MR) is 99.3 cm³/mol. The van der Waals surface area contributed by atoms with Gasteiger partial charge in [0.25, 0.3) is 0 Å². The Labute approximate surface area is 152 Å². The van der Waals surface area contributed by atoms with Gasteiger partial charge in [0, 0.05) is 37.3 Å². The Hall–Kier alpha value is -2.41. The van der Waals surface area contributed by atoms with E-state index in [1.54, 1.807) is 50.2 Å². The Balaban J connectivity index is 1.93. The maximum Gasteiger partial charge on any atom is 0.317 e. The Morgan fingerprint density at radius 1 is 1.20 bits per heavy atom. The summed E-state index contributed by atoms with van der Waals surface area (Å²) >= 11 is 1.63. The van der Waals surface area contributed by atoms with Gasteiger partial charge in [-0.25, -0.2) is 9.78 Å². The number of methoxy groups -OCH3 is 2. The number of nitrogens with zero attached hydrogens (tertiary/aromatic N) is 2. The molecule has 0 atom stereocenters. The maximum absolute atomic E-state index is 12.3. The SMILES string of the molecule is COc1cc(CNC(=O)N(C)Cc2ccc(SC)c(OC)c2)ccn1. The van der Waals surface area contributed by atoms with Gasteiger partial charge in [-0.3, -0.25) is 0 Å². The highest BCUT2D eigenvalue weighted by Gasteiger charge is 2.11. The fourth-order valence-corrected chi connectivity index (χ4v) is 2.86. The molecule has 1 heterocycles. The third-order valence-electron chi connectivity index (χ3n) is 3.67. The number of amides is 2. The van der Waals surface area contributed by atoms with Crippen molar-refractivity contribution in [3.63, 3.8) is 0 Å².